The molecule has 0 saturated carbocycles. The minimum atomic E-state index is -0.129. The van der Waals surface area contributed by atoms with Gasteiger partial charge in [-0.15, -0.1) is 0 Å². The Morgan fingerprint density at radius 3 is 3.00 bits per heavy atom. The molecule has 7 heteroatoms. The third-order valence-electron chi connectivity index (χ3n) is 3.73. The number of imidazole rings is 1. The number of aromatic nitrogens is 4. The number of pyridine rings is 1. The fraction of sp³-hybridized carbons (Fsp3) is 0.118. The quantitative estimate of drug-likeness (QED) is 0.611. The first kappa shape index (κ1) is 14.3. The second-order valence-electron chi connectivity index (χ2n) is 5.30. The van der Waals surface area contributed by atoms with Crippen LogP contribution < -0.4 is 5.32 Å². The van der Waals surface area contributed by atoms with Crippen LogP contribution >= 0.6 is 0 Å². The van der Waals surface area contributed by atoms with Crippen molar-refractivity contribution < 1.29 is 9.21 Å². The Kier molecular flexibility index (Phi) is 3.59. The lowest BCUT2D eigenvalue weighted by Crippen LogP contribution is -2.27. The molecule has 1 N–H and O–H groups in total. The Morgan fingerprint density at radius 2 is 2.21 bits per heavy atom. The van der Waals surface area contributed by atoms with Crippen molar-refractivity contribution in [1.29, 1.82) is 0 Å². The number of hydrogen-bond donors (Lipinski definition) is 1. The lowest BCUT2D eigenvalue weighted by Gasteiger charge is -2.06. The zero-order valence-corrected chi connectivity index (χ0v) is 12.8. The molecule has 0 atom stereocenters. The summed E-state index contributed by atoms with van der Waals surface area (Å²) in [6.07, 6.45) is 8.63. The van der Waals surface area contributed by atoms with Gasteiger partial charge in [0.2, 0.25) is 0 Å². The smallest absolute Gasteiger partial charge is 0.252 e. The number of rotatable bonds is 5. The highest BCUT2D eigenvalue weighted by Crippen LogP contribution is 2.20. The molecule has 0 spiro atoms. The SMILES string of the molecule is O=C(NCCn1ccn2nc(-c3ccco3)cc12)c1cccnc1. The van der Waals surface area contributed by atoms with E-state index in [9.17, 15) is 4.79 Å². The van der Waals surface area contributed by atoms with E-state index < -0.39 is 0 Å². The normalized spacial score (nSPS) is 11.0. The Balaban J connectivity index is 1.44. The van der Waals surface area contributed by atoms with Gasteiger partial charge in [0.15, 0.2) is 5.76 Å². The van der Waals surface area contributed by atoms with Crippen molar-refractivity contribution in [2.24, 2.45) is 0 Å². The van der Waals surface area contributed by atoms with Crippen molar-refractivity contribution in [3.05, 3.63) is 66.9 Å². The topological polar surface area (TPSA) is 77.4 Å². The average molecular weight is 321 g/mol. The molecule has 1 amide bonds. The number of nitrogens with one attached hydrogen (secondary N) is 1. The molecule has 120 valence electrons. The monoisotopic (exact) mass is 321 g/mol. The molecule has 0 aromatic carbocycles. The maximum Gasteiger partial charge on any atom is 0.252 e. The van der Waals surface area contributed by atoms with Gasteiger partial charge in [-0.3, -0.25) is 9.78 Å². The van der Waals surface area contributed by atoms with Crippen molar-refractivity contribution >= 4 is 11.6 Å². The third kappa shape index (κ3) is 2.67. The van der Waals surface area contributed by atoms with E-state index >= 15 is 0 Å². The lowest BCUT2D eigenvalue weighted by molar-refractivity contribution is 0.0952. The minimum Gasteiger partial charge on any atom is -0.463 e. The van der Waals surface area contributed by atoms with E-state index in [1.165, 1.54) is 0 Å². The molecule has 0 bridgehead atoms. The van der Waals surface area contributed by atoms with E-state index in [0.717, 1.165) is 17.1 Å². The first-order chi connectivity index (χ1) is 11.8. The fourth-order valence-corrected chi connectivity index (χ4v) is 2.55. The second kappa shape index (κ2) is 6.04. The molecule has 7 nitrogen and oxygen atoms in total. The van der Waals surface area contributed by atoms with E-state index in [0.29, 0.717) is 18.7 Å². The molecular formula is C17H15N5O2. The zero-order valence-electron chi connectivity index (χ0n) is 12.8. The number of amides is 1. The molecule has 4 aromatic heterocycles. The van der Waals surface area contributed by atoms with Crippen LogP contribution in [0.5, 0.6) is 0 Å². The Hall–Kier alpha value is -3.35. The van der Waals surface area contributed by atoms with Gasteiger partial charge in [0, 0.05) is 43.9 Å². The molecule has 0 saturated heterocycles. The first-order valence-corrected chi connectivity index (χ1v) is 7.58. The maximum atomic E-state index is 12.0. The molecule has 4 aromatic rings. The van der Waals surface area contributed by atoms with Gasteiger partial charge in [-0.25, -0.2) is 4.52 Å². The van der Waals surface area contributed by atoms with E-state index in [1.807, 2.05) is 35.2 Å². The molecule has 0 aliphatic carbocycles. The number of nitrogens with zero attached hydrogens (tertiary/aromatic N) is 4. The number of hydrogen-bond acceptors (Lipinski definition) is 4. The highest BCUT2D eigenvalue weighted by Gasteiger charge is 2.10. The molecule has 0 radical (unpaired) electrons. The number of furan rings is 1. The van der Waals surface area contributed by atoms with Gasteiger partial charge in [-0.1, -0.05) is 0 Å². The van der Waals surface area contributed by atoms with Gasteiger partial charge in [-0.2, -0.15) is 5.10 Å². The molecule has 24 heavy (non-hydrogen) atoms. The van der Waals surface area contributed by atoms with Gasteiger partial charge in [0.1, 0.15) is 11.3 Å². The summed E-state index contributed by atoms with van der Waals surface area (Å²) in [5.41, 5.74) is 2.28. The first-order valence-electron chi connectivity index (χ1n) is 7.58. The average Bonchev–Trinajstić information content (AvgIpc) is 3.33. The summed E-state index contributed by atoms with van der Waals surface area (Å²) >= 11 is 0. The van der Waals surface area contributed by atoms with Crippen molar-refractivity contribution in [1.82, 2.24) is 24.5 Å². The van der Waals surface area contributed by atoms with Crippen LogP contribution in [-0.4, -0.2) is 31.6 Å². The van der Waals surface area contributed by atoms with Gasteiger partial charge >= 0.3 is 0 Å². The van der Waals surface area contributed by atoms with Crippen LogP contribution in [-0.2, 0) is 6.54 Å². The molecule has 4 rings (SSSR count). The number of carbonyl (C=O) groups is 1. The lowest BCUT2D eigenvalue weighted by atomic mass is 10.3. The van der Waals surface area contributed by atoms with Crippen LogP contribution in [0.4, 0.5) is 0 Å². The van der Waals surface area contributed by atoms with Crippen LogP contribution in [0.1, 0.15) is 10.4 Å². The Labute approximate surface area is 137 Å². The number of carbonyl (C=O) groups excluding carboxylic acids is 1. The fourth-order valence-electron chi connectivity index (χ4n) is 2.55. The predicted octanol–water partition coefficient (Wildman–Crippen LogP) is 2.22. The van der Waals surface area contributed by atoms with E-state index in [-0.39, 0.29) is 5.91 Å². The van der Waals surface area contributed by atoms with Gasteiger partial charge in [0.25, 0.3) is 5.91 Å². The summed E-state index contributed by atoms with van der Waals surface area (Å²) in [7, 11) is 0. The molecule has 0 aliphatic rings. The van der Waals surface area contributed by atoms with Crippen LogP contribution in [0.15, 0.2) is 65.8 Å². The summed E-state index contributed by atoms with van der Waals surface area (Å²) in [6.45, 7) is 1.16. The summed E-state index contributed by atoms with van der Waals surface area (Å²) in [5.74, 6) is 0.603. The standard InChI is InChI=1S/C17H15N5O2/c23-17(13-3-1-5-18-12-13)19-6-7-21-8-9-22-16(21)11-14(20-22)15-4-2-10-24-15/h1-5,8-12H,6-7H2,(H,19,23). The Morgan fingerprint density at radius 1 is 1.25 bits per heavy atom. The van der Waals surface area contributed by atoms with Gasteiger partial charge in [0.05, 0.1) is 11.8 Å². The molecule has 0 fully saturated rings. The molecule has 0 unspecified atom stereocenters. The van der Waals surface area contributed by atoms with Crippen LogP contribution in [0.2, 0.25) is 0 Å². The van der Waals surface area contributed by atoms with E-state index in [2.05, 4.69) is 15.4 Å². The van der Waals surface area contributed by atoms with E-state index in [4.69, 9.17) is 4.42 Å². The van der Waals surface area contributed by atoms with Crippen molar-refractivity contribution in [3.63, 3.8) is 0 Å². The maximum absolute atomic E-state index is 12.0. The summed E-state index contributed by atoms with van der Waals surface area (Å²) in [6, 6.07) is 9.15. The largest absolute Gasteiger partial charge is 0.463 e. The highest BCUT2D eigenvalue weighted by molar-refractivity contribution is 5.93. The van der Waals surface area contributed by atoms with Crippen molar-refractivity contribution in [2.75, 3.05) is 6.54 Å². The zero-order chi connectivity index (χ0) is 16.4. The van der Waals surface area contributed by atoms with Crippen molar-refractivity contribution in [2.45, 2.75) is 6.54 Å². The van der Waals surface area contributed by atoms with Gasteiger partial charge in [-0.05, 0) is 24.3 Å². The number of fused-ring (bicyclic) bond motifs is 1. The van der Waals surface area contributed by atoms with Crippen molar-refractivity contribution in [3.8, 4) is 11.5 Å². The van der Waals surface area contributed by atoms with E-state index in [1.54, 1.807) is 35.3 Å². The summed E-state index contributed by atoms with van der Waals surface area (Å²) in [4.78, 5) is 16.0. The van der Waals surface area contributed by atoms with Crippen LogP contribution in [0.3, 0.4) is 0 Å². The predicted molar refractivity (Wildman–Crippen MR) is 87.5 cm³/mol. The van der Waals surface area contributed by atoms with Gasteiger partial charge < -0.3 is 14.3 Å². The minimum absolute atomic E-state index is 0.129. The van der Waals surface area contributed by atoms with Crippen LogP contribution in [0, 0.1) is 0 Å². The van der Waals surface area contributed by atoms with Crippen LogP contribution in [0.25, 0.3) is 17.1 Å². The summed E-state index contributed by atoms with van der Waals surface area (Å²) in [5, 5.41) is 7.36. The molecule has 0 aliphatic heterocycles. The highest BCUT2D eigenvalue weighted by atomic mass is 16.3. The summed E-state index contributed by atoms with van der Waals surface area (Å²) < 4.78 is 9.20. The second-order valence-corrected chi connectivity index (χ2v) is 5.30. The molecule has 4 heterocycles. The molecular weight excluding hydrogens is 306 g/mol. The third-order valence-corrected chi connectivity index (χ3v) is 3.73. The Bertz CT molecular complexity index is 954.